The number of nitrogens with one attached hydrogen (secondary N) is 1. The van der Waals surface area contributed by atoms with E-state index in [4.69, 9.17) is 9.47 Å². The zero-order valence-corrected chi connectivity index (χ0v) is 15.5. The Balaban J connectivity index is 1.89. The highest BCUT2D eigenvalue weighted by atomic mass is 32.2. The molecule has 1 atom stereocenters. The fourth-order valence-electron chi connectivity index (χ4n) is 2.62. The monoisotopic (exact) mass is 359 g/mol. The molecule has 25 heavy (non-hydrogen) atoms. The van der Waals surface area contributed by atoms with Crippen molar-refractivity contribution >= 4 is 27.5 Å². The molecule has 0 aliphatic carbocycles. The Hall–Kier alpha value is -2.54. The van der Waals surface area contributed by atoms with Crippen LogP contribution in [0.25, 0.3) is 11.0 Å². The molecular formula is C18H21N3O3S. The number of imidazole rings is 1. The molecule has 132 valence electrons. The van der Waals surface area contributed by atoms with E-state index in [1.54, 1.807) is 14.2 Å². The minimum absolute atomic E-state index is 0.370. The molecule has 6 nitrogen and oxygen atoms in total. The van der Waals surface area contributed by atoms with E-state index >= 15 is 0 Å². The summed E-state index contributed by atoms with van der Waals surface area (Å²) in [6.45, 7) is 0. The largest absolute Gasteiger partial charge is 0.497 e. The summed E-state index contributed by atoms with van der Waals surface area (Å²) in [6, 6.07) is 11.3. The number of aromatic amines is 1. The molecule has 1 unspecified atom stereocenters. The van der Waals surface area contributed by atoms with Crippen molar-refractivity contribution in [3.63, 3.8) is 0 Å². The first-order chi connectivity index (χ1) is 12.0. The summed E-state index contributed by atoms with van der Waals surface area (Å²) < 4.78 is 23.3. The Kier molecular flexibility index (Phi) is 4.94. The maximum absolute atomic E-state index is 12.8. The molecule has 0 aliphatic heterocycles. The predicted molar refractivity (Wildman–Crippen MR) is 100 cm³/mol. The third-order valence-electron chi connectivity index (χ3n) is 3.94. The summed E-state index contributed by atoms with van der Waals surface area (Å²) in [4.78, 5) is 9.56. The van der Waals surface area contributed by atoms with Crippen LogP contribution in [0.1, 0.15) is 5.56 Å². The van der Waals surface area contributed by atoms with Crippen LogP contribution in [0.2, 0.25) is 0 Å². The SMILES string of the molecule is COc1ccc(CS(=O)c2nc3ccc(OC)cc3[nH]2)c(N(C)C)c1. The molecule has 7 heteroatoms. The zero-order chi connectivity index (χ0) is 18.0. The van der Waals surface area contributed by atoms with E-state index < -0.39 is 10.8 Å². The highest BCUT2D eigenvalue weighted by Crippen LogP contribution is 2.27. The lowest BCUT2D eigenvalue weighted by molar-refractivity contribution is 0.414. The van der Waals surface area contributed by atoms with Crippen molar-refractivity contribution in [3.05, 3.63) is 42.0 Å². The second-order valence-electron chi connectivity index (χ2n) is 5.80. The van der Waals surface area contributed by atoms with Crippen LogP contribution in [-0.4, -0.2) is 42.5 Å². The topological polar surface area (TPSA) is 67.5 Å². The van der Waals surface area contributed by atoms with E-state index in [1.165, 1.54) is 0 Å². The van der Waals surface area contributed by atoms with Gasteiger partial charge in [0.1, 0.15) is 11.5 Å². The third kappa shape index (κ3) is 3.61. The van der Waals surface area contributed by atoms with Crippen LogP contribution in [0.3, 0.4) is 0 Å². The Morgan fingerprint density at radius 2 is 1.76 bits per heavy atom. The number of H-pyrrole nitrogens is 1. The van der Waals surface area contributed by atoms with Crippen LogP contribution in [0, 0.1) is 0 Å². The summed E-state index contributed by atoms with van der Waals surface area (Å²) in [7, 11) is 5.87. The van der Waals surface area contributed by atoms with Gasteiger partial charge in [0.2, 0.25) is 0 Å². The molecular weight excluding hydrogens is 338 g/mol. The molecule has 1 heterocycles. The van der Waals surface area contributed by atoms with Gasteiger partial charge in [0, 0.05) is 31.9 Å². The first-order valence-electron chi connectivity index (χ1n) is 7.78. The number of anilines is 1. The van der Waals surface area contributed by atoms with Crippen molar-refractivity contribution in [1.82, 2.24) is 9.97 Å². The standard InChI is InChI=1S/C18H21N3O3S/c1-21(2)17-10-14(24-4)6-5-12(17)11-25(22)18-19-15-8-7-13(23-3)9-16(15)20-18/h5-10H,11H2,1-4H3,(H,19,20). The number of methoxy groups -OCH3 is 2. The summed E-state index contributed by atoms with van der Waals surface area (Å²) in [6.07, 6.45) is 0. The number of nitrogens with zero attached hydrogens (tertiary/aromatic N) is 2. The first kappa shape index (κ1) is 17.3. The molecule has 0 fully saturated rings. The molecule has 3 aromatic rings. The van der Waals surface area contributed by atoms with Crippen molar-refractivity contribution in [2.75, 3.05) is 33.2 Å². The summed E-state index contributed by atoms with van der Waals surface area (Å²) in [5.74, 6) is 1.88. The highest BCUT2D eigenvalue weighted by molar-refractivity contribution is 7.84. The third-order valence-corrected chi connectivity index (χ3v) is 5.14. The fourth-order valence-corrected chi connectivity index (χ4v) is 3.71. The molecule has 0 amide bonds. The molecule has 0 aliphatic rings. The number of hydrogen-bond acceptors (Lipinski definition) is 5. The number of hydrogen-bond donors (Lipinski definition) is 1. The van der Waals surface area contributed by atoms with Gasteiger partial charge in [0.25, 0.3) is 0 Å². The van der Waals surface area contributed by atoms with Crippen molar-refractivity contribution in [2.24, 2.45) is 0 Å². The van der Waals surface area contributed by atoms with Gasteiger partial charge in [-0.3, -0.25) is 4.21 Å². The normalized spacial score (nSPS) is 12.2. The Morgan fingerprint density at radius 1 is 1.08 bits per heavy atom. The van der Waals surface area contributed by atoms with Gasteiger partial charge in [0.15, 0.2) is 5.16 Å². The van der Waals surface area contributed by atoms with Gasteiger partial charge in [-0.05, 0) is 23.8 Å². The van der Waals surface area contributed by atoms with Crippen LogP contribution < -0.4 is 14.4 Å². The van der Waals surface area contributed by atoms with Crippen LogP contribution in [0.4, 0.5) is 5.69 Å². The van der Waals surface area contributed by atoms with Crippen molar-refractivity contribution in [3.8, 4) is 11.5 Å². The quantitative estimate of drug-likeness (QED) is 0.733. The van der Waals surface area contributed by atoms with Gasteiger partial charge in [-0.2, -0.15) is 0 Å². The van der Waals surface area contributed by atoms with E-state index in [-0.39, 0.29) is 0 Å². The molecule has 0 spiro atoms. The average Bonchev–Trinajstić information content (AvgIpc) is 3.05. The minimum atomic E-state index is -1.29. The van der Waals surface area contributed by atoms with Gasteiger partial charge in [0.05, 0.1) is 41.8 Å². The molecule has 2 aromatic carbocycles. The number of ether oxygens (including phenoxy) is 2. The second-order valence-corrected chi connectivity index (χ2v) is 7.17. The zero-order valence-electron chi connectivity index (χ0n) is 14.7. The van der Waals surface area contributed by atoms with Crippen molar-refractivity contribution in [1.29, 1.82) is 0 Å². The van der Waals surface area contributed by atoms with Crippen molar-refractivity contribution < 1.29 is 13.7 Å². The molecule has 1 aromatic heterocycles. The van der Waals surface area contributed by atoms with E-state index in [1.807, 2.05) is 55.4 Å². The van der Waals surface area contributed by atoms with Gasteiger partial charge in [-0.25, -0.2) is 4.98 Å². The lowest BCUT2D eigenvalue weighted by atomic mass is 10.2. The van der Waals surface area contributed by atoms with E-state index in [0.717, 1.165) is 33.8 Å². The van der Waals surface area contributed by atoms with Crippen molar-refractivity contribution in [2.45, 2.75) is 10.9 Å². The molecule has 0 saturated heterocycles. The summed E-state index contributed by atoms with van der Waals surface area (Å²) in [5, 5.41) is 0.462. The number of rotatable bonds is 6. The van der Waals surface area contributed by atoms with Crippen LogP contribution in [-0.2, 0) is 16.6 Å². The maximum atomic E-state index is 12.8. The first-order valence-corrected chi connectivity index (χ1v) is 9.10. The van der Waals surface area contributed by atoms with Gasteiger partial charge in [-0.1, -0.05) is 6.07 Å². The maximum Gasteiger partial charge on any atom is 0.197 e. The van der Waals surface area contributed by atoms with Gasteiger partial charge >= 0.3 is 0 Å². The molecule has 3 rings (SSSR count). The predicted octanol–water partition coefficient (Wildman–Crippen LogP) is 2.95. The number of fused-ring (bicyclic) bond motifs is 1. The Bertz CT molecular complexity index is 921. The molecule has 0 bridgehead atoms. The van der Waals surface area contributed by atoms with Gasteiger partial charge in [-0.15, -0.1) is 0 Å². The Labute approximate surface area is 149 Å². The molecule has 0 radical (unpaired) electrons. The number of benzene rings is 2. The highest BCUT2D eigenvalue weighted by Gasteiger charge is 2.15. The molecule has 0 saturated carbocycles. The average molecular weight is 359 g/mol. The lowest BCUT2D eigenvalue weighted by Gasteiger charge is -2.18. The minimum Gasteiger partial charge on any atom is -0.497 e. The summed E-state index contributed by atoms with van der Waals surface area (Å²) in [5.41, 5.74) is 3.53. The second kappa shape index (κ2) is 7.14. The van der Waals surface area contributed by atoms with Crippen LogP contribution >= 0.6 is 0 Å². The smallest absolute Gasteiger partial charge is 0.197 e. The number of aromatic nitrogens is 2. The van der Waals surface area contributed by atoms with E-state index in [9.17, 15) is 4.21 Å². The lowest BCUT2D eigenvalue weighted by Crippen LogP contribution is -2.12. The van der Waals surface area contributed by atoms with E-state index in [2.05, 4.69) is 9.97 Å². The van der Waals surface area contributed by atoms with Crippen LogP contribution in [0.15, 0.2) is 41.6 Å². The fraction of sp³-hybridized carbons (Fsp3) is 0.278. The summed E-state index contributed by atoms with van der Waals surface area (Å²) >= 11 is 0. The Morgan fingerprint density at radius 3 is 2.44 bits per heavy atom. The molecule has 1 N–H and O–H groups in total. The van der Waals surface area contributed by atoms with Crippen LogP contribution in [0.5, 0.6) is 11.5 Å². The van der Waals surface area contributed by atoms with Gasteiger partial charge < -0.3 is 19.4 Å². The van der Waals surface area contributed by atoms with E-state index in [0.29, 0.717) is 10.9 Å².